The molecule has 1 fully saturated rings. The number of carbonyl (C=O) groups excluding carboxylic acids is 9. The first-order chi connectivity index (χ1) is 54.9. The fraction of sp³-hybridized carbons (Fsp3) is 0.840. The van der Waals surface area contributed by atoms with Crippen LogP contribution in [-0.4, -0.2) is 309 Å². The summed E-state index contributed by atoms with van der Waals surface area (Å²) in [6.07, 6.45) is 23.5. The van der Waals surface area contributed by atoms with Gasteiger partial charge in [0, 0.05) is 77.5 Å². The predicted molar refractivity (Wildman–Crippen MR) is 416 cm³/mol. The van der Waals surface area contributed by atoms with Crippen molar-refractivity contribution in [2.75, 3.05) is 211 Å². The average Bonchev–Trinajstić information content (AvgIpc) is 0.870. The molecule has 0 bridgehead atoms. The fourth-order valence-electron chi connectivity index (χ4n) is 11.1. The van der Waals surface area contributed by atoms with E-state index in [0.717, 1.165) is 51.4 Å². The first kappa shape index (κ1) is 104. The van der Waals surface area contributed by atoms with Crippen LogP contribution in [0.4, 0.5) is 0 Å². The van der Waals surface area contributed by atoms with E-state index in [0.29, 0.717) is 51.6 Å². The van der Waals surface area contributed by atoms with Crippen molar-refractivity contribution in [3.05, 3.63) is 0 Å². The zero-order chi connectivity index (χ0) is 82.5. The second-order valence-electron chi connectivity index (χ2n) is 27.0. The van der Waals surface area contributed by atoms with Gasteiger partial charge in [-0.2, -0.15) is 0 Å². The molecule has 0 aromatic rings. The van der Waals surface area contributed by atoms with E-state index in [-0.39, 0.29) is 282 Å². The smallest absolute Gasteiger partial charge is 0.326 e. The van der Waals surface area contributed by atoms with Gasteiger partial charge >= 0.3 is 17.9 Å². The van der Waals surface area contributed by atoms with Crippen LogP contribution in [0.25, 0.3) is 0 Å². The molecule has 0 unspecified atom stereocenters. The monoisotopic (exact) mass is 1640 g/mol. The van der Waals surface area contributed by atoms with Gasteiger partial charge in [0.1, 0.15) is 51.7 Å². The number of unbranched alkanes of at least 4 members (excludes halogenated alkanes) is 16. The van der Waals surface area contributed by atoms with Crippen molar-refractivity contribution in [2.45, 2.75) is 185 Å². The largest absolute Gasteiger partial charge is 0.481 e. The minimum Gasteiger partial charge on any atom is -0.481 e. The van der Waals surface area contributed by atoms with Crippen LogP contribution in [0.1, 0.15) is 173 Å². The second kappa shape index (κ2) is 76.7. The minimum absolute atomic E-state index is 0.0560. The van der Waals surface area contributed by atoms with Gasteiger partial charge in [0.2, 0.25) is 53.2 Å². The first-order valence-electron chi connectivity index (χ1n) is 40.3. The predicted octanol–water partition coefficient (Wildman–Crippen LogP) is 1.44. The topological polar surface area (TPSA) is 497 Å². The number of carbonyl (C=O) groups is 12. The molecule has 654 valence electrons. The molecule has 1 aliphatic carbocycles. The number of thiol groups is 1. The average molecular weight is 1640 g/mol. The van der Waals surface area contributed by atoms with Gasteiger partial charge in [-0.15, -0.1) is 0 Å². The highest BCUT2D eigenvalue weighted by Gasteiger charge is 2.30. The molecule has 0 radical (unpaired) electrons. The van der Waals surface area contributed by atoms with Crippen molar-refractivity contribution in [1.29, 1.82) is 0 Å². The van der Waals surface area contributed by atoms with Gasteiger partial charge in [0.25, 0.3) is 0 Å². The number of aliphatic carboxylic acids is 3. The van der Waals surface area contributed by atoms with E-state index in [2.05, 4.69) is 65.4 Å². The molecule has 13 N–H and O–H groups in total. The maximum atomic E-state index is 13.0. The van der Waals surface area contributed by atoms with Crippen LogP contribution in [-0.2, 0) is 114 Å². The molecule has 0 aromatic carbocycles. The lowest BCUT2D eigenvalue weighted by Crippen LogP contribution is -2.45. The fourth-order valence-corrected chi connectivity index (χ4v) is 11.3. The number of carboxylic acids is 3. The van der Waals surface area contributed by atoms with Crippen LogP contribution in [0, 0.1) is 11.8 Å². The quantitative estimate of drug-likeness (QED) is 0.0302. The summed E-state index contributed by atoms with van der Waals surface area (Å²) in [5.41, 5.74) is 0. The maximum absolute atomic E-state index is 13.0. The Morgan fingerprint density at radius 3 is 0.876 bits per heavy atom. The molecule has 1 rings (SSSR count). The Hall–Kier alpha value is -6.53. The maximum Gasteiger partial charge on any atom is 0.326 e. The summed E-state index contributed by atoms with van der Waals surface area (Å²) in [6, 6.07) is -1.95. The van der Waals surface area contributed by atoms with E-state index < -0.39 is 30.0 Å². The van der Waals surface area contributed by atoms with Crippen LogP contribution < -0.4 is 52.6 Å². The van der Waals surface area contributed by atoms with Gasteiger partial charge < -0.3 is 120 Å². The van der Waals surface area contributed by atoms with Crippen molar-refractivity contribution in [1.82, 2.24) is 52.6 Å². The molecule has 113 heavy (non-hydrogen) atoms. The summed E-state index contributed by atoms with van der Waals surface area (Å²) in [7, 11) is 0. The Morgan fingerprint density at radius 2 is 0.566 bits per heavy atom. The highest BCUT2D eigenvalue weighted by molar-refractivity contribution is 7.78. The molecule has 0 heterocycles. The number of ether oxygens (including phenoxy) is 12. The zero-order valence-electron chi connectivity index (χ0n) is 66.6. The number of carboxylic acid groups (broad SMARTS) is 3. The number of hydrogen-bond acceptors (Lipinski definition) is 26. The summed E-state index contributed by atoms with van der Waals surface area (Å²) >= 11 is 3.78. The summed E-state index contributed by atoms with van der Waals surface area (Å²) in [5.74, 6) is -5.66. The first-order valence-corrected chi connectivity index (χ1v) is 40.8. The zero-order valence-corrected chi connectivity index (χ0v) is 67.5. The molecule has 0 aliphatic heterocycles. The highest BCUT2D eigenvalue weighted by atomic mass is 32.1. The van der Waals surface area contributed by atoms with E-state index in [4.69, 9.17) is 67.1 Å². The van der Waals surface area contributed by atoms with Crippen LogP contribution >= 0.6 is 12.8 Å². The van der Waals surface area contributed by atoms with Crippen LogP contribution in [0.2, 0.25) is 0 Å². The number of amides is 9. The third-order valence-corrected chi connectivity index (χ3v) is 17.7. The van der Waals surface area contributed by atoms with Crippen LogP contribution in [0.5, 0.6) is 0 Å². The standard InChI is InChI=1S/C75H136N10O27S/c86-64(20-15-13-11-9-7-5-3-1-2-4-6-8-10-12-14-16-21-72(94)95)83-53-60-22-24-61(25-23-60)73(96)84-62(74(97)98)26-27-65(87)77-29-35-101-41-48-108-55-67(89)79-31-37-103-43-50-110-57-69(91)81-33-39-105-45-52-112-59-71(93)82-34-40-106-46-51-111-58-70(92)80-32-38-104-44-49-109-56-68(90)78-30-36-102-42-47-107-54-66(88)76-28-18-17-19-63(85-113)75(99)100/h60-63,85,113H,1-59H2,(H,76,88)(H,77,87)(H,78,90)(H,79,89)(H,80,92)(H,81,91)(H,82,93)(H,83,86)(H,84,96)(H,94,95)(H,97,98)(H,99,100)/t60?,61?,62-,63-/m0/s1. The van der Waals surface area contributed by atoms with E-state index in [9.17, 15) is 62.6 Å². The highest BCUT2D eigenvalue weighted by Crippen LogP contribution is 2.29. The molecule has 0 aromatic heterocycles. The number of hydrogen-bond donors (Lipinski definition) is 14. The van der Waals surface area contributed by atoms with Gasteiger partial charge in [-0.3, -0.25) is 57.5 Å². The molecule has 1 saturated carbocycles. The lowest BCUT2D eigenvalue weighted by Gasteiger charge is -2.28. The van der Waals surface area contributed by atoms with Crippen molar-refractivity contribution in [2.24, 2.45) is 11.8 Å². The van der Waals surface area contributed by atoms with Gasteiger partial charge in [0.05, 0.1) is 119 Å². The van der Waals surface area contributed by atoms with E-state index in [1.165, 1.54) is 64.2 Å². The van der Waals surface area contributed by atoms with Crippen LogP contribution in [0.3, 0.4) is 0 Å². The number of rotatable bonds is 82. The van der Waals surface area contributed by atoms with Gasteiger partial charge in [-0.05, 0) is 70.1 Å². The van der Waals surface area contributed by atoms with Crippen molar-refractivity contribution in [3.63, 3.8) is 0 Å². The molecule has 1 aliphatic rings. The summed E-state index contributed by atoms with van der Waals surface area (Å²) in [4.78, 5) is 143. The van der Waals surface area contributed by atoms with Crippen molar-refractivity contribution >= 4 is 83.9 Å². The van der Waals surface area contributed by atoms with Gasteiger partial charge in [-0.25, -0.2) is 4.79 Å². The molecule has 37 nitrogen and oxygen atoms in total. The normalized spacial score (nSPS) is 13.8. The van der Waals surface area contributed by atoms with Gasteiger partial charge in [0.15, 0.2) is 0 Å². The lowest BCUT2D eigenvalue weighted by atomic mass is 9.81. The van der Waals surface area contributed by atoms with Crippen LogP contribution in [0.15, 0.2) is 0 Å². The SMILES string of the molecule is O=C(O)CCCCCCCCCCCCCCCCCCC(=O)NCC1CCC(C(=O)N[C@@H](CCC(=O)NCCOCCOCC(=O)NCCOCCOCC(=O)NCCOCCOCC(=O)NCCOCCOCC(=O)NCCOCCOCC(=O)NCCOCCOCC(=O)NCCCC[C@H](NS)C(=O)O)C(=O)O)CC1. The summed E-state index contributed by atoms with van der Waals surface area (Å²) in [6.45, 7) is 4.66. The van der Waals surface area contributed by atoms with E-state index >= 15 is 0 Å². The molecular formula is C75H136N10O27S. The van der Waals surface area contributed by atoms with Crippen molar-refractivity contribution < 1.29 is 130 Å². The van der Waals surface area contributed by atoms with E-state index in [1.807, 2.05) is 0 Å². The minimum atomic E-state index is -1.22. The third-order valence-electron chi connectivity index (χ3n) is 17.4. The Morgan fingerprint density at radius 1 is 0.283 bits per heavy atom. The Labute approximate surface area is 671 Å². The Kier molecular flexibility index (Phi) is 71.0. The third kappa shape index (κ3) is 70.6. The molecule has 0 saturated heterocycles. The van der Waals surface area contributed by atoms with Gasteiger partial charge in [-0.1, -0.05) is 103 Å². The summed E-state index contributed by atoms with van der Waals surface area (Å²) in [5, 5.41) is 51.7. The lowest BCUT2D eigenvalue weighted by molar-refractivity contribution is -0.143. The molecule has 38 heteroatoms. The van der Waals surface area contributed by atoms with E-state index in [1.54, 1.807) is 0 Å². The molecule has 0 spiro atoms. The molecular weight excluding hydrogens is 1500 g/mol. The summed E-state index contributed by atoms with van der Waals surface area (Å²) < 4.78 is 66.6. The molecule has 9 amide bonds. The Balaban J connectivity index is 1.85. The Bertz CT molecular complexity index is 2520. The second-order valence-corrected chi connectivity index (χ2v) is 27.2. The van der Waals surface area contributed by atoms with Crippen molar-refractivity contribution in [3.8, 4) is 0 Å². The number of nitrogens with one attached hydrogen (secondary N) is 10. The molecule has 2 atom stereocenters.